The topological polar surface area (TPSA) is 121 Å². The van der Waals surface area contributed by atoms with Gasteiger partial charge in [-0.2, -0.15) is 5.26 Å². The summed E-state index contributed by atoms with van der Waals surface area (Å²) in [4.78, 5) is 4.54. The summed E-state index contributed by atoms with van der Waals surface area (Å²) in [5.74, 6) is 2.59. The van der Waals surface area contributed by atoms with Crippen molar-refractivity contribution >= 4 is 22.9 Å². The third-order valence-electron chi connectivity index (χ3n) is 4.63. The number of hydrogen-bond donors (Lipinski definition) is 2. The molecule has 30 heavy (non-hydrogen) atoms. The number of fused-ring (bicyclic) bond motifs is 2. The number of nitrogens with zero attached hydrogens (tertiary/aromatic N) is 8. The molecule has 10 nitrogen and oxygen atoms in total. The number of hydrogen-bond acceptors (Lipinski definition) is 8. The van der Waals surface area contributed by atoms with E-state index in [0.717, 1.165) is 22.9 Å². The van der Waals surface area contributed by atoms with E-state index in [0.29, 0.717) is 30.3 Å². The van der Waals surface area contributed by atoms with E-state index < -0.39 is 0 Å². The van der Waals surface area contributed by atoms with Crippen LogP contribution in [0.25, 0.3) is 11.3 Å². The summed E-state index contributed by atoms with van der Waals surface area (Å²) in [5.41, 5.74) is 1.99. The highest BCUT2D eigenvalue weighted by Crippen LogP contribution is 2.17. The summed E-state index contributed by atoms with van der Waals surface area (Å²) < 4.78 is 3.80. The molecule has 0 saturated carbocycles. The number of nitriles is 1. The first-order valence-electron chi connectivity index (χ1n) is 9.28. The average Bonchev–Trinajstić information content (AvgIpc) is 3.40. The van der Waals surface area contributed by atoms with Crippen LogP contribution in [0.3, 0.4) is 0 Å². The molecule has 0 radical (unpaired) electrons. The molecule has 5 aromatic rings. The van der Waals surface area contributed by atoms with Crippen LogP contribution < -0.4 is 10.6 Å². The Bertz CT molecular complexity index is 1380. The standard InChI is InChI=1S/C20H16N10/c21-11-14-7-8-15(22-12-18-27-25-16-5-1-3-9-29(16)18)24-20(14)23-13-19-28-26-17-6-2-4-10-30(17)19/h1-10H,12-13H2,(H2,22,23,24). The highest BCUT2D eigenvalue weighted by molar-refractivity contribution is 5.57. The fourth-order valence-corrected chi connectivity index (χ4v) is 3.14. The molecule has 0 fully saturated rings. The Morgan fingerprint density at radius 2 is 1.40 bits per heavy atom. The minimum Gasteiger partial charge on any atom is -0.363 e. The third-order valence-corrected chi connectivity index (χ3v) is 4.63. The number of aromatic nitrogens is 7. The van der Waals surface area contributed by atoms with Crippen molar-refractivity contribution in [3.8, 4) is 6.07 Å². The van der Waals surface area contributed by atoms with Crippen LogP contribution in [0, 0.1) is 11.3 Å². The van der Waals surface area contributed by atoms with Gasteiger partial charge >= 0.3 is 0 Å². The molecular weight excluding hydrogens is 380 g/mol. The maximum Gasteiger partial charge on any atom is 0.160 e. The Kier molecular flexibility index (Phi) is 4.38. The van der Waals surface area contributed by atoms with E-state index in [1.165, 1.54) is 0 Å². The van der Waals surface area contributed by atoms with Gasteiger partial charge in [0.05, 0.1) is 18.7 Å². The molecule has 10 heteroatoms. The molecule has 0 aromatic carbocycles. The van der Waals surface area contributed by atoms with Crippen LogP contribution in [0.2, 0.25) is 0 Å². The van der Waals surface area contributed by atoms with Gasteiger partial charge in [0, 0.05) is 12.4 Å². The zero-order valence-electron chi connectivity index (χ0n) is 15.8. The highest BCUT2D eigenvalue weighted by atomic mass is 15.3. The van der Waals surface area contributed by atoms with Crippen molar-refractivity contribution < 1.29 is 0 Å². The normalized spacial score (nSPS) is 10.9. The lowest BCUT2D eigenvalue weighted by Crippen LogP contribution is -2.10. The number of nitrogens with one attached hydrogen (secondary N) is 2. The molecule has 0 amide bonds. The summed E-state index contributed by atoms with van der Waals surface area (Å²) in [6.45, 7) is 0.823. The van der Waals surface area contributed by atoms with Gasteiger partial charge in [0.1, 0.15) is 17.7 Å². The summed E-state index contributed by atoms with van der Waals surface area (Å²) >= 11 is 0. The smallest absolute Gasteiger partial charge is 0.160 e. The van der Waals surface area contributed by atoms with Gasteiger partial charge in [-0.25, -0.2) is 4.98 Å². The monoisotopic (exact) mass is 396 g/mol. The SMILES string of the molecule is N#Cc1ccc(NCc2nnc3ccccn23)nc1NCc1nnc2ccccn12. The minimum atomic E-state index is 0.380. The molecular formula is C20H16N10. The predicted molar refractivity (Wildman–Crippen MR) is 110 cm³/mol. The van der Waals surface area contributed by atoms with Crippen LogP contribution in [0.5, 0.6) is 0 Å². The predicted octanol–water partition coefficient (Wildman–Crippen LogP) is 2.26. The molecule has 0 spiro atoms. The largest absolute Gasteiger partial charge is 0.363 e. The van der Waals surface area contributed by atoms with Crippen molar-refractivity contribution in [3.63, 3.8) is 0 Å². The average molecular weight is 396 g/mol. The molecule has 2 N–H and O–H groups in total. The third kappa shape index (κ3) is 3.24. The fraction of sp³-hybridized carbons (Fsp3) is 0.100. The first kappa shape index (κ1) is 17.6. The molecule has 0 atom stereocenters. The van der Waals surface area contributed by atoms with E-state index >= 15 is 0 Å². The second-order valence-corrected chi connectivity index (χ2v) is 6.50. The van der Waals surface area contributed by atoms with Crippen LogP contribution in [-0.2, 0) is 13.1 Å². The Balaban J connectivity index is 1.34. The fourth-order valence-electron chi connectivity index (χ4n) is 3.14. The van der Waals surface area contributed by atoms with E-state index in [1.807, 2.05) is 57.6 Å². The molecule has 0 aliphatic heterocycles. The second kappa shape index (κ2) is 7.48. The first-order valence-corrected chi connectivity index (χ1v) is 9.28. The Hall–Kier alpha value is -4.52. The van der Waals surface area contributed by atoms with Gasteiger partial charge in [-0.05, 0) is 36.4 Å². The Labute approximate surface area is 170 Å². The lowest BCUT2D eigenvalue weighted by Gasteiger charge is -2.10. The van der Waals surface area contributed by atoms with Gasteiger partial charge in [0.25, 0.3) is 0 Å². The molecule has 0 saturated heterocycles. The van der Waals surface area contributed by atoms with E-state index in [4.69, 9.17) is 0 Å². The van der Waals surface area contributed by atoms with Crippen molar-refractivity contribution in [1.29, 1.82) is 5.26 Å². The van der Waals surface area contributed by atoms with Crippen molar-refractivity contribution in [2.24, 2.45) is 0 Å². The lowest BCUT2D eigenvalue weighted by atomic mass is 10.2. The van der Waals surface area contributed by atoms with Crippen LogP contribution in [0.1, 0.15) is 17.2 Å². The maximum absolute atomic E-state index is 9.43. The molecule has 0 bridgehead atoms. The number of anilines is 2. The summed E-state index contributed by atoms with van der Waals surface area (Å²) in [6, 6.07) is 17.1. The van der Waals surface area contributed by atoms with E-state index in [-0.39, 0.29) is 0 Å². The zero-order valence-corrected chi connectivity index (χ0v) is 15.8. The van der Waals surface area contributed by atoms with Gasteiger partial charge in [-0.3, -0.25) is 8.80 Å². The Morgan fingerprint density at radius 3 is 2.03 bits per heavy atom. The zero-order chi connectivity index (χ0) is 20.3. The number of rotatable bonds is 6. The van der Waals surface area contributed by atoms with Gasteiger partial charge < -0.3 is 10.6 Å². The second-order valence-electron chi connectivity index (χ2n) is 6.50. The molecule has 0 aliphatic carbocycles. The quantitative estimate of drug-likeness (QED) is 0.448. The van der Waals surface area contributed by atoms with Gasteiger partial charge in [0.15, 0.2) is 22.9 Å². The molecule has 0 aliphatic rings. The molecule has 5 aromatic heterocycles. The van der Waals surface area contributed by atoms with Crippen LogP contribution >= 0.6 is 0 Å². The first-order chi connectivity index (χ1) is 14.8. The van der Waals surface area contributed by atoms with Crippen molar-refractivity contribution in [3.05, 3.63) is 78.1 Å². The van der Waals surface area contributed by atoms with Crippen LogP contribution in [-0.4, -0.2) is 34.2 Å². The minimum absolute atomic E-state index is 0.380. The van der Waals surface area contributed by atoms with Crippen LogP contribution in [0.4, 0.5) is 11.6 Å². The highest BCUT2D eigenvalue weighted by Gasteiger charge is 2.10. The Morgan fingerprint density at radius 1 is 0.767 bits per heavy atom. The van der Waals surface area contributed by atoms with E-state index in [2.05, 4.69) is 42.1 Å². The maximum atomic E-state index is 9.43. The van der Waals surface area contributed by atoms with E-state index in [1.54, 1.807) is 12.1 Å². The molecule has 146 valence electrons. The van der Waals surface area contributed by atoms with Crippen molar-refractivity contribution in [2.45, 2.75) is 13.1 Å². The summed E-state index contributed by atoms with van der Waals surface area (Å²) in [5, 5.41) is 32.5. The van der Waals surface area contributed by atoms with Gasteiger partial charge in [-0.1, -0.05) is 12.1 Å². The number of pyridine rings is 3. The van der Waals surface area contributed by atoms with E-state index in [9.17, 15) is 5.26 Å². The molecule has 5 heterocycles. The summed E-state index contributed by atoms with van der Waals surface area (Å²) in [7, 11) is 0. The molecule has 0 unspecified atom stereocenters. The van der Waals surface area contributed by atoms with Crippen LogP contribution in [0.15, 0.2) is 60.9 Å². The summed E-state index contributed by atoms with van der Waals surface area (Å²) in [6.07, 6.45) is 3.81. The lowest BCUT2D eigenvalue weighted by molar-refractivity contribution is 0.903. The van der Waals surface area contributed by atoms with Gasteiger partial charge in [-0.15, -0.1) is 20.4 Å². The van der Waals surface area contributed by atoms with Crippen molar-refractivity contribution in [2.75, 3.05) is 10.6 Å². The van der Waals surface area contributed by atoms with Crippen molar-refractivity contribution in [1.82, 2.24) is 34.2 Å². The van der Waals surface area contributed by atoms with Gasteiger partial charge in [0.2, 0.25) is 0 Å². The molecule has 5 rings (SSSR count).